The van der Waals surface area contributed by atoms with E-state index < -0.39 is 11.9 Å². The number of hydrogen-bond acceptors (Lipinski definition) is 6. The molecule has 0 bridgehead atoms. The standard InChI is InChI=1S/C19H22N6O3/c1-3-23(2)10-13-11-25(22-21-13)14-4-5-15-12(8-14)9-24(19(15)28)16-6-7-17(26)20-18(16)27/h4-5,8,11,16H,3,6-7,9-10H2,1-2H3,(H,20,26,27). The van der Waals surface area contributed by atoms with Crippen LogP contribution in [-0.4, -0.2) is 62.1 Å². The van der Waals surface area contributed by atoms with Gasteiger partial charge in [-0.25, -0.2) is 4.68 Å². The Kier molecular flexibility index (Phi) is 4.68. The number of amides is 3. The van der Waals surface area contributed by atoms with Gasteiger partial charge in [0.1, 0.15) is 6.04 Å². The first-order chi connectivity index (χ1) is 13.5. The van der Waals surface area contributed by atoms with Crippen LogP contribution >= 0.6 is 0 Å². The van der Waals surface area contributed by atoms with Gasteiger partial charge in [-0.1, -0.05) is 12.1 Å². The number of fused-ring (bicyclic) bond motifs is 1. The summed E-state index contributed by atoms with van der Waals surface area (Å²) in [6.45, 7) is 4.05. The van der Waals surface area contributed by atoms with E-state index in [9.17, 15) is 14.4 Å². The van der Waals surface area contributed by atoms with E-state index in [1.807, 2.05) is 25.4 Å². The van der Waals surface area contributed by atoms with Gasteiger partial charge >= 0.3 is 0 Å². The number of carbonyl (C=O) groups excluding carboxylic acids is 3. The fraction of sp³-hybridized carbons (Fsp3) is 0.421. The lowest BCUT2D eigenvalue weighted by atomic mass is 10.0. The summed E-state index contributed by atoms with van der Waals surface area (Å²) in [6.07, 6.45) is 2.48. The zero-order valence-electron chi connectivity index (χ0n) is 15.9. The minimum Gasteiger partial charge on any atom is -0.322 e. The smallest absolute Gasteiger partial charge is 0.255 e. The fourth-order valence-electron chi connectivity index (χ4n) is 3.59. The first kappa shape index (κ1) is 18.3. The van der Waals surface area contributed by atoms with E-state index >= 15 is 0 Å². The predicted molar refractivity (Wildman–Crippen MR) is 99.4 cm³/mol. The van der Waals surface area contributed by atoms with Gasteiger partial charge in [0.15, 0.2) is 0 Å². The molecule has 1 aromatic heterocycles. The van der Waals surface area contributed by atoms with Crippen molar-refractivity contribution in [2.45, 2.75) is 38.9 Å². The van der Waals surface area contributed by atoms with Gasteiger partial charge in [0, 0.05) is 25.1 Å². The summed E-state index contributed by atoms with van der Waals surface area (Å²) in [4.78, 5) is 39.9. The van der Waals surface area contributed by atoms with Crippen molar-refractivity contribution >= 4 is 17.7 Å². The number of imide groups is 1. The lowest BCUT2D eigenvalue weighted by Gasteiger charge is -2.29. The summed E-state index contributed by atoms with van der Waals surface area (Å²) in [5, 5.41) is 10.7. The molecule has 0 saturated carbocycles. The molecule has 9 nitrogen and oxygen atoms in total. The molecule has 0 spiro atoms. The minimum atomic E-state index is -0.608. The number of rotatable bonds is 5. The van der Waals surface area contributed by atoms with Crippen molar-refractivity contribution < 1.29 is 14.4 Å². The number of aromatic nitrogens is 3. The zero-order valence-corrected chi connectivity index (χ0v) is 15.9. The molecule has 28 heavy (non-hydrogen) atoms. The topological polar surface area (TPSA) is 100 Å². The van der Waals surface area contributed by atoms with Crippen LogP contribution in [-0.2, 0) is 22.7 Å². The summed E-state index contributed by atoms with van der Waals surface area (Å²) >= 11 is 0. The lowest BCUT2D eigenvalue weighted by molar-refractivity contribution is -0.136. The molecular formula is C19H22N6O3. The number of nitrogens with zero attached hydrogens (tertiary/aromatic N) is 5. The molecule has 1 N–H and O–H groups in total. The number of hydrogen-bond donors (Lipinski definition) is 1. The third kappa shape index (κ3) is 3.29. The number of carbonyl (C=O) groups is 3. The van der Waals surface area contributed by atoms with Crippen molar-refractivity contribution in [3.8, 4) is 5.69 Å². The first-order valence-corrected chi connectivity index (χ1v) is 9.34. The Morgan fingerprint density at radius 2 is 2.11 bits per heavy atom. The average Bonchev–Trinajstić information content (AvgIpc) is 3.26. The Bertz CT molecular complexity index is 953. The van der Waals surface area contributed by atoms with Crippen molar-refractivity contribution in [1.29, 1.82) is 0 Å². The van der Waals surface area contributed by atoms with E-state index in [2.05, 4.69) is 27.5 Å². The largest absolute Gasteiger partial charge is 0.322 e. The summed E-state index contributed by atoms with van der Waals surface area (Å²) in [5.74, 6) is -0.873. The van der Waals surface area contributed by atoms with Gasteiger partial charge < -0.3 is 9.80 Å². The van der Waals surface area contributed by atoms with Crippen molar-refractivity contribution in [1.82, 2.24) is 30.1 Å². The number of nitrogens with one attached hydrogen (secondary N) is 1. The first-order valence-electron chi connectivity index (χ1n) is 9.34. The van der Waals surface area contributed by atoms with Crippen LogP contribution in [0, 0.1) is 0 Å². The second-order valence-electron chi connectivity index (χ2n) is 7.23. The van der Waals surface area contributed by atoms with E-state index in [1.54, 1.807) is 15.6 Å². The maximum absolute atomic E-state index is 12.8. The normalized spacial score (nSPS) is 19.3. The molecule has 3 heterocycles. The fourth-order valence-corrected chi connectivity index (χ4v) is 3.59. The van der Waals surface area contributed by atoms with Crippen molar-refractivity contribution in [2.75, 3.05) is 13.6 Å². The van der Waals surface area contributed by atoms with Crippen LogP contribution in [0.25, 0.3) is 5.69 Å². The molecule has 2 aliphatic heterocycles. The third-order valence-electron chi connectivity index (χ3n) is 5.28. The second kappa shape index (κ2) is 7.16. The molecular weight excluding hydrogens is 360 g/mol. The summed E-state index contributed by atoms with van der Waals surface area (Å²) in [5.41, 5.74) is 3.11. The van der Waals surface area contributed by atoms with Gasteiger partial charge in [-0.2, -0.15) is 0 Å². The Morgan fingerprint density at radius 3 is 2.86 bits per heavy atom. The van der Waals surface area contributed by atoms with Crippen molar-refractivity contribution in [3.05, 3.63) is 41.2 Å². The van der Waals surface area contributed by atoms with Crippen LogP contribution in [0.3, 0.4) is 0 Å². The molecule has 1 fully saturated rings. The molecule has 2 aliphatic rings. The molecule has 1 aromatic carbocycles. The van der Waals surface area contributed by atoms with E-state index in [4.69, 9.17) is 0 Å². The van der Waals surface area contributed by atoms with Gasteiger partial charge in [-0.05, 0) is 43.8 Å². The molecule has 9 heteroatoms. The van der Waals surface area contributed by atoms with E-state index in [0.29, 0.717) is 25.1 Å². The van der Waals surface area contributed by atoms with Crippen LogP contribution in [0.15, 0.2) is 24.4 Å². The molecule has 146 valence electrons. The van der Waals surface area contributed by atoms with Gasteiger partial charge in [0.25, 0.3) is 5.91 Å². The minimum absolute atomic E-state index is 0.181. The molecule has 4 rings (SSSR count). The maximum atomic E-state index is 12.8. The monoisotopic (exact) mass is 382 g/mol. The lowest BCUT2D eigenvalue weighted by Crippen LogP contribution is -2.52. The molecule has 0 radical (unpaired) electrons. The average molecular weight is 382 g/mol. The molecule has 3 amide bonds. The predicted octanol–water partition coefficient (Wildman–Crippen LogP) is 0.480. The van der Waals surface area contributed by atoms with Gasteiger partial charge in [0.2, 0.25) is 11.8 Å². The highest BCUT2D eigenvalue weighted by molar-refractivity contribution is 6.05. The Balaban J connectivity index is 1.54. The molecule has 1 atom stereocenters. The Labute approximate surface area is 162 Å². The highest BCUT2D eigenvalue weighted by atomic mass is 16.2. The Hall–Kier alpha value is -3.07. The molecule has 1 unspecified atom stereocenters. The van der Waals surface area contributed by atoms with Gasteiger partial charge in [0.05, 0.1) is 17.6 Å². The number of piperidine rings is 1. The van der Waals surface area contributed by atoms with Gasteiger partial charge in [-0.3, -0.25) is 19.7 Å². The molecule has 0 aliphatic carbocycles. The van der Waals surface area contributed by atoms with Gasteiger partial charge in [-0.15, -0.1) is 5.10 Å². The van der Waals surface area contributed by atoms with E-state index in [-0.39, 0.29) is 18.2 Å². The quantitative estimate of drug-likeness (QED) is 0.755. The van der Waals surface area contributed by atoms with E-state index in [0.717, 1.165) is 23.5 Å². The summed E-state index contributed by atoms with van der Waals surface area (Å²) in [7, 11) is 2.02. The zero-order chi connectivity index (χ0) is 19.8. The van der Waals surface area contributed by atoms with Crippen LogP contribution < -0.4 is 5.32 Å². The summed E-state index contributed by atoms with van der Waals surface area (Å²) < 4.78 is 1.69. The molecule has 2 aromatic rings. The Morgan fingerprint density at radius 1 is 1.29 bits per heavy atom. The van der Waals surface area contributed by atoms with Crippen molar-refractivity contribution in [2.24, 2.45) is 0 Å². The van der Waals surface area contributed by atoms with Crippen LogP contribution in [0.4, 0.5) is 0 Å². The van der Waals surface area contributed by atoms with Crippen LogP contribution in [0.5, 0.6) is 0 Å². The highest BCUT2D eigenvalue weighted by Gasteiger charge is 2.39. The van der Waals surface area contributed by atoms with E-state index in [1.165, 1.54) is 0 Å². The second-order valence-corrected chi connectivity index (χ2v) is 7.23. The van der Waals surface area contributed by atoms with Crippen LogP contribution in [0.1, 0.15) is 41.4 Å². The highest BCUT2D eigenvalue weighted by Crippen LogP contribution is 2.29. The van der Waals surface area contributed by atoms with Crippen LogP contribution in [0.2, 0.25) is 0 Å². The molecule has 1 saturated heterocycles. The van der Waals surface area contributed by atoms with Crippen molar-refractivity contribution in [3.63, 3.8) is 0 Å². The SMILES string of the molecule is CCN(C)Cc1cn(-c2ccc3c(c2)CN(C2CCC(=O)NC2=O)C3=O)nn1. The number of benzene rings is 1. The summed E-state index contributed by atoms with van der Waals surface area (Å²) in [6, 6.07) is 4.88. The maximum Gasteiger partial charge on any atom is 0.255 e. The third-order valence-corrected chi connectivity index (χ3v) is 5.28.